The molecular formula is C16H16N2O4S. The van der Waals surface area contributed by atoms with Crippen LogP contribution in [0.3, 0.4) is 0 Å². The molecule has 0 saturated heterocycles. The van der Waals surface area contributed by atoms with Crippen LogP contribution in [0.15, 0.2) is 29.3 Å². The Morgan fingerprint density at radius 1 is 1.43 bits per heavy atom. The van der Waals surface area contributed by atoms with E-state index in [4.69, 9.17) is 4.74 Å². The summed E-state index contributed by atoms with van der Waals surface area (Å²) in [6.45, 7) is 5.80. The lowest BCUT2D eigenvalue weighted by atomic mass is 10.1. The first kappa shape index (κ1) is 16.8. The van der Waals surface area contributed by atoms with Crippen LogP contribution in [0.4, 0.5) is 10.7 Å². The summed E-state index contributed by atoms with van der Waals surface area (Å²) in [5.41, 5.74) is 1.89. The first-order chi connectivity index (χ1) is 10.9. The molecule has 6 nitrogen and oxygen atoms in total. The van der Waals surface area contributed by atoms with Crippen molar-refractivity contribution >= 4 is 34.2 Å². The molecule has 0 aliphatic heterocycles. The van der Waals surface area contributed by atoms with Gasteiger partial charge in [-0.1, -0.05) is 12.1 Å². The third kappa shape index (κ3) is 3.81. The predicted octanol–water partition coefficient (Wildman–Crippen LogP) is 4.20. The quantitative estimate of drug-likeness (QED) is 0.355. The molecule has 0 aliphatic rings. The number of carbonyl (C=O) groups is 1. The van der Waals surface area contributed by atoms with Crippen molar-refractivity contribution in [2.75, 3.05) is 6.61 Å². The van der Waals surface area contributed by atoms with Crippen molar-refractivity contribution < 1.29 is 14.5 Å². The molecule has 0 spiro atoms. The number of hydrogen-bond acceptors (Lipinski definition) is 6. The fourth-order valence-corrected chi connectivity index (χ4v) is 2.98. The molecule has 0 unspecified atom stereocenters. The predicted molar refractivity (Wildman–Crippen MR) is 90.1 cm³/mol. The molecule has 0 atom stereocenters. The molecule has 7 heteroatoms. The van der Waals surface area contributed by atoms with Crippen molar-refractivity contribution in [3.8, 4) is 0 Å². The molecule has 23 heavy (non-hydrogen) atoms. The van der Waals surface area contributed by atoms with Gasteiger partial charge in [0.15, 0.2) is 0 Å². The first-order valence-electron chi connectivity index (χ1n) is 6.99. The van der Waals surface area contributed by atoms with Gasteiger partial charge in [-0.05, 0) is 31.9 Å². The molecule has 0 saturated carbocycles. The summed E-state index contributed by atoms with van der Waals surface area (Å²) >= 11 is 1.39. The van der Waals surface area contributed by atoms with Crippen LogP contribution in [-0.2, 0) is 4.74 Å². The van der Waals surface area contributed by atoms with Crippen LogP contribution in [-0.4, -0.2) is 23.7 Å². The molecule has 0 amide bonds. The molecule has 0 radical (unpaired) electrons. The Balaban J connectivity index is 2.36. The van der Waals surface area contributed by atoms with Gasteiger partial charge in [-0.2, -0.15) is 0 Å². The smallest absolute Gasteiger partial charge is 0.341 e. The number of hydrogen-bond donors (Lipinski definition) is 0. The zero-order valence-electron chi connectivity index (χ0n) is 13.0. The third-order valence-corrected chi connectivity index (χ3v) is 4.37. The maximum atomic E-state index is 12.1. The second-order valence-electron chi connectivity index (χ2n) is 4.79. The Morgan fingerprint density at radius 3 is 2.83 bits per heavy atom. The van der Waals surface area contributed by atoms with Crippen molar-refractivity contribution in [3.63, 3.8) is 0 Å². The van der Waals surface area contributed by atoms with Crippen molar-refractivity contribution in [3.05, 3.63) is 55.9 Å². The minimum Gasteiger partial charge on any atom is -0.462 e. The van der Waals surface area contributed by atoms with Crippen LogP contribution in [0.1, 0.15) is 33.3 Å². The van der Waals surface area contributed by atoms with E-state index in [0.29, 0.717) is 22.7 Å². The van der Waals surface area contributed by atoms with Gasteiger partial charge in [0.2, 0.25) is 0 Å². The van der Waals surface area contributed by atoms with E-state index in [9.17, 15) is 14.9 Å². The molecule has 0 bridgehead atoms. The van der Waals surface area contributed by atoms with E-state index in [1.807, 2.05) is 13.8 Å². The van der Waals surface area contributed by atoms with Gasteiger partial charge in [-0.15, -0.1) is 11.3 Å². The second kappa shape index (κ2) is 7.15. The topological polar surface area (TPSA) is 81.8 Å². The molecule has 1 heterocycles. The highest BCUT2D eigenvalue weighted by Gasteiger charge is 2.20. The number of nitrogens with zero attached hydrogens (tertiary/aromatic N) is 2. The number of non-ortho nitro benzene ring substituents is 1. The maximum absolute atomic E-state index is 12.1. The zero-order valence-corrected chi connectivity index (χ0v) is 13.8. The van der Waals surface area contributed by atoms with Crippen LogP contribution in [0.5, 0.6) is 0 Å². The van der Waals surface area contributed by atoms with E-state index in [1.54, 1.807) is 19.1 Å². The molecule has 2 aromatic rings. The van der Waals surface area contributed by atoms with Gasteiger partial charge in [-0.3, -0.25) is 10.1 Å². The standard InChI is InChI=1S/C16H16N2O4S/c1-4-22-16(19)14-10(2)11(3)23-15(14)17-9-12-6-5-7-13(8-12)18(20)21/h5-9H,4H2,1-3H3. The SMILES string of the molecule is CCOC(=O)c1c(N=Cc2cccc([N+](=O)[O-])c2)sc(C)c1C. The normalized spacial score (nSPS) is 10.9. The summed E-state index contributed by atoms with van der Waals surface area (Å²) in [5.74, 6) is -0.402. The largest absolute Gasteiger partial charge is 0.462 e. The van der Waals surface area contributed by atoms with Gasteiger partial charge in [-0.25, -0.2) is 9.79 Å². The lowest BCUT2D eigenvalue weighted by Crippen LogP contribution is -2.05. The average Bonchev–Trinajstić information content (AvgIpc) is 2.80. The summed E-state index contributed by atoms with van der Waals surface area (Å²) < 4.78 is 5.07. The average molecular weight is 332 g/mol. The number of ether oxygens (including phenoxy) is 1. The Labute approximate surface area is 137 Å². The van der Waals surface area contributed by atoms with Crippen molar-refractivity contribution in [1.29, 1.82) is 0 Å². The molecule has 0 aliphatic carbocycles. The Morgan fingerprint density at radius 2 is 2.17 bits per heavy atom. The van der Waals surface area contributed by atoms with Crippen molar-refractivity contribution in [2.45, 2.75) is 20.8 Å². The van der Waals surface area contributed by atoms with Gasteiger partial charge in [0.05, 0.1) is 17.1 Å². The molecule has 0 N–H and O–H groups in total. The Kier molecular flexibility index (Phi) is 5.23. The van der Waals surface area contributed by atoms with Crippen LogP contribution >= 0.6 is 11.3 Å². The number of esters is 1. The zero-order chi connectivity index (χ0) is 17.0. The fraction of sp³-hybridized carbons (Fsp3) is 0.250. The molecule has 1 aromatic heterocycles. The van der Waals surface area contributed by atoms with Crippen LogP contribution in [0, 0.1) is 24.0 Å². The molecule has 120 valence electrons. The van der Waals surface area contributed by atoms with E-state index in [2.05, 4.69) is 4.99 Å². The highest BCUT2D eigenvalue weighted by Crippen LogP contribution is 2.35. The van der Waals surface area contributed by atoms with E-state index < -0.39 is 10.9 Å². The number of nitro benzene ring substituents is 1. The number of benzene rings is 1. The lowest BCUT2D eigenvalue weighted by molar-refractivity contribution is -0.384. The monoisotopic (exact) mass is 332 g/mol. The molecule has 0 fully saturated rings. The van der Waals surface area contributed by atoms with Gasteiger partial charge >= 0.3 is 5.97 Å². The number of nitro groups is 1. The van der Waals surface area contributed by atoms with Crippen molar-refractivity contribution in [2.24, 2.45) is 4.99 Å². The second-order valence-corrected chi connectivity index (χ2v) is 6.00. The van der Waals surface area contributed by atoms with Gasteiger partial charge in [0, 0.05) is 23.2 Å². The number of carbonyl (C=O) groups excluding carboxylic acids is 1. The minimum atomic E-state index is -0.458. The number of aliphatic imine (C=N–C) groups is 1. The van der Waals surface area contributed by atoms with Crippen LogP contribution in [0.2, 0.25) is 0 Å². The highest BCUT2D eigenvalue weighted by molar-refractivity contribution is 7.16. The van der Waals surface area contributed by atoms with E-state index in [-0.39, 0.29) is 5.69 Å². The Bertz CT molecular complexity index is 780. The van der Waals surface area contributed by atoms with Crippen LogP contribution < -0.4 is 0 Å². The molecule has 1 aromatic carbocycles. The van der Waals surface area contributed by atoms with Gasteiger partial charge in [0.1, 0.15) is 5.00 Å². The fourth-order valence-electron chi connectivity index (χ4n) is 2.00. The van der Waals surface area contributed by atoms with E-state index >= 15 is 0 Å². The summed E-state index contributed by atoms with van der Waals surface area (Å²) in [6.07, 6.45) is 1.51. The third-order valence-electron chi connectivity index (χ3n) is 3.26. The summed E-state index contributed by atoms with van der Waals surface area (Å²) in [4.78, 5) is 27.7. The summed E-state index contributed by atoms with van der Waals surface area (Å²) in [5, 5.41) is 11.3. The molecule has 2 rings (SSSR count). The number of rotatable bonds is 5. The minimum absolute atomic E-state index is 0.00175. The first-order valence-corrected chi connectivity index (χ1v) is 7.81. The molecular weight excluding hydrogens is 316 g/mol. The van der Waals surface area contributed by atoms with Gasteiger partial charge in [0.25, 0.3) is 5.69 Å². The maximum Gasteiger partial charge on any atom is 0.341 e. The van der Waals surface area contributed by atoms with E-state index in [1.165, 1.54) is 29.7 Å². The van der Waals surface area contributed by atoms with Crippen LogP contribution in [0.25, 0.3) is 0 Å². The van der Waals surface area contributed by atoms with Gasteiger partial charge < -0.3 is 4.74 Å². The number of aryl methyl sites for hydroxylation is 1. The summed E-state index contributed by atoms with van der Waals surface area (Å²) in [6, 6.07) is 6.16. The Hall–Kier alpha value is -2.54. The highest BCUT2D eigenvalue weighted by atomic mass is 32.1. The number of thiophene rings is 1. The van der Waals surface area contributed by atoms with E-state index in [0.717, 1.165) is 10.4 Å². The lowest BCUT2D eigenvalue weighted by Gasteiger charge is -2.02. The summed E-state index contributed by atoms with van der Waals surface area (Å²) in [7, 11) is 0. The van der Waals surface area contributed by atoms with Crippen molar-refractivity contribution in [1.82, 2.24) is 0 Å².